The predicted molar refractivity (Wildman–Crippen MR) is 105 cm³/mol. The monoisotopic (exact) mass is 383 g/mol. The maximum absolute atomic E-state index is 5.90. The van der Waals surface area contributed by atoms with Crippen LogP contribution >= 0.6 is 0 Å². The number of hydrogen-bond acceptors (Lipinski definition) is 6. The smallest absolute Gasteiger partial charge is 0.240 e. The van der Waals surface area contributed by atoms with E-state index in [1.807, 2.05) is 0 Å². The summed E-state index contributed by atoms with van der Waals surface area (Å²) in [7, 11) is 0. The molecule has 150 valence electrons. The summed E-state index contributed by atoms with van der Waals surface area (Å²) in [5.41, 5.74) is 3.02. The summed E-state index contributed by atoms with van der Waals surface area (Å²) in [5.74, 6) is 3.57. The van der Waals surface area contributed by atoms with Gasteiger partial charge in [0.05, 0.1) is 6.54 Å². The van der Waals surface area contributed by atoms with E-state index in [1.165, 1.54) is 36.8 Å². The second kappa shape index (κ2) is 6.76. The number of nitrogens with zero attached hydrogens (tertiary/aromatic N) is 3. The van der Waals surface area contributed by atoms with Gasteiger partial charge in [-0.3, -0.25) is 4.90 Å². The quantitative estimate of drug-likeness (QED) is 0.785. The SMILES string of the molecule is CC(C)c1noc(CN2CC3(CCCC3)c3cc4c(cc3[C@H]2C)OCCO4)n1. The zero-order valence-electron chi connectivity index (χ0n) is 17.0. The first-order valence-electron chi connectivity index (χ1n) is 10.6. The summed E-state index contributed by atoms with van der Waals surface area (Å²) in [6.07, 6.45) is 5.02. The van der Waals surface area contributed by atoms with E-state index in [9.17, 15) is 0 Å². The standard InChI is InChI=1S/C22H29N3O3/c1-14(2)21-23-20(28-24-21)12-25-13-22(6-4-5-7-22)17-11-19-18(26-8-9-27-19)10-16(17)15(25)3/h10-11,14-15H,4-9,12-13H2,1-3H3/t15-/m1/s1. The van der Waals surface area contributed by atoms with Gasteiger partial charge in [-0.15, -0.1) is 0 Å². The Hall–Kier alpha value is -2.08. The molecule has 1 fully saturated rings. The molecule has 1 atom stereocenters. The van der Waals surface area contributed by atoms with Crippen molar-refractivity contribution in [1.29, 1.82) is 0 Å². The van der Waals surface area contributed by atoms with Gasteiger partial charge in [0.25, 0.3) is 0 Å². The minimum absolute atomic E-state index is 0.193. The van der Waals surface area contributed by atoms with Crippen molar-refractivity contribution in [2.45, 2.75) is 70.4 Å². The third kappa shape index (κ3) is 2.89. The average molecular weight is 383 g/mol. The van der Waals surface area contributed by atoms with E-state index >= 15 is 0 Å². The molecule has 3 heterocycles. The molecule has 3 aliphatic rings. The van der Waals surface area contributed by atoms with E-state index in [0.29, 0.717) is 25.6 Å². The molecule has 0 unspecified atom stereocenters. The number of fused-ring (bicyclic) bond motifs is 3. The highest BCUT2D eigenvalue weighted by Crippen LogP contribution is 2.52. The lowest BCUT2D eigenvalue weighted by atomic mass is 9.71. The number of hydrogen-bond donors (Lipinski definition) is 0. The summed E-state index contributed by atoms with van der Waals surface area (Å²) in [6, 6.07) is 4.76. The van der Waals surface area contributed by atoms with Crippen molar-refractivity contribution in [2.75, 3.05) is 19.8 Å². The number of aromatic nitrogens is 2. The van der Waals surface area contributed by atoms with Crippen molar-refractivity contribution in [2.24, 2.45) is 0 Å². The predicted octanol–water partition coefficient (Wildman–Crippen LogP) is 4.35. The van der Waals surface area contributed by atoms with E-state index in [2.05, 4.69) is 47.9 Å². The van der Waals surface area contributed by atoms with Gasteiger partial charge in [0.2, 0.25) is 5.89 Å². The molecule has 1 saturated carbocycles. The second-order valence-electron chi connectivity index (χ2n) is 8.85. The van der Waals surface area contributed by atoms with E-state index in [-0.39, 0.29) is 17.4 Å². The van der Waals surface area contributed by atoms with E-state index in [1.54, 1.807) is 0 Å². The molecule has 2 aliphatic heterocycles. The first-order chi connectivity index (χ1) is 13.6. The Morgan fingerprint density at radius 1 is 1.14 bits per heavy atom. The van der Waals surface area contributed by atoms with E-state index in [0.717, 1.165) is 23.9 Å². The molecular weight excluding hydrogens is 354 g/mol. The van der Waals surface area contributed by atoms with Crippen LogP contribution in [0.5, 0.6) is 11.5 Å². The van der Waals surface area contributed by atoms with E-state index in [4.69, 9.17) is 14.0 Å². The highest BCUT2D eigenvalue weighted by atomic mass is 16.6. The second-order valence-corrected chi connectivity index (χ2v) is 8.85. The van der Waals surface area contributed by atoms with Gasteiger partial charge in [0.15, 0.2) is 17.3 Å². The van der Waals surface area contributed by atoms with Crippen LogP contribution in [-0.4, -0.2) is 34.8 Å². The summed E-state index contributed by atoms with van der Waals surface area (Å²) in [4.78, 5) is 7.12. The molecule has 0 saturated heterocycles. The van der Waals surface area contributed by atoms with Crippen LogP contribution in [0.25, 0.3) is 0 Å². The maximum Gasteiger partial charge on any atom is 0.240 e. The molecule has 0 radical (unpaired) electrons. The summed E-state index contributed by atoms with van der Waals surface area (Å²) >= 11 is 0. The third-order valence-electron chi connectivity index (χ3n) is 6.69. The Bertz CT molecular complexity index is 870. The molecular formula is C22H29N3O3. The first-order valence-corrected chi connectivity index (χ1v) is 10.6. The number of rotatable bonds is 3. The fourth-order valence-corrected chi connectivity index (χ4v) is 5.13. The first kappa shape index (κ1) is 18.0. The lowest BCUT2D eigenvalue weighted by Crippen LogP contribution is -2.45. The average Bonchev–Trinajstić information content (AvgIpc) is 3.35. The maximum atomic E-state index is 5.90. The van der Waals surface area contributed by atoms with Crippen molar-refractivity contribution in [3.05, 3.63) is 35.0 Å². The van der Waals surface area contributed by atoms with Gasteiger partial charge >= 0.3 is 0 Å². The van der Waals surface area contributed by atoms with Crippen LogP contribution in [-0.2, 0) is 12.0 Å². The van der Waals surface area contributed by atoms with Crippen LogP contribution in [0.4, 0.5) is 0 Å². The fourth-order valence-electron chi connectivity index (χ4n) is 5.13. The van der Waals surface area contributed by atoms with Gasteiger partial charge in [0.1, 0.15) is 13.2 Å². The van der Waals surface area contributed by atoms with Crippen molar-refractivity contribution >= 4 is 0 Å². The van der Waals surface area contributed by atoms with Crippen LogP contribution in [0.15, 0.2) is 16.7 Å². The minimum atomic E-state index is 0.193. The lowest BCUT2D eigenvalue weighted by molar-refractivity contribution is 0.111. The minimum Gasteiger partial charge on any atom is -0.486 e. The van der Waals surface area contributed by atoms with Gasteiger partial charge in [0, 0.05) is 23.9 Å². The van der Waals surface area contributed by atoms with Crippen LogP contribution in [0.3, 0.4) is 0 Å². The molecule has 2 aromatic rings. The zero-order chi connectivity index (χ0) is 19.3. The molecule has 5 rings (SSSR count). The molecule has 0 N–H and O–H groups in total. The number of ether oxygens (including phenoxy) is 2. The molecule has 1 spiro atoms. The fraction of sp³-hybridized carbons (Fsp3) is 0.636. The Morgan fingerprint density at radius 2 is 1.86 bits per heavy atom. The van der Waals surface area contributed by atoms with Gasteiger partial charge in [-0.1, -0.05) is 31.8 Å². The van der Waals surface area contributed by atoms with Crippen LogP contribution in [0, 0.1) is 0 Å². The molecule has 1 aliphatic carbocycles. The third-order valence-corrected chi connectivity index (χ3v) is 6.69. The van der Waals surface area contributed by atoms with Crippen molar-refractivity contribution in [1.82, 2.24) is 15.0 Å². The summed E-state index contributed by atoms with van der Waals surface area (Å²) < 4.78 is 17.4. The highest BCUT2D eigenvalue weighted by Gasteiger charge is 2.45. The Balaban J connectivity index is 1.51. The molecule has 1 aromatic heterocycles. The molecule has 28 heavy (non-hydrogen) atoms. The summed E-state index contributed by atoms with van der Waals surface area (Å²) in [6.45, 7) is 9.43. The largest absolute Gasteiger partial charge is 0.486 e. The van der Waals surface area contributed by atoms with Gasteiger partial charge in [-0.25, -0.2) is 0 Å². The highest BCUT2D eigenvalue weighted by molar-refractivity contribution is 5.53. The Labute approximate surface area is 166 Å². The molecule has 6 heteroatoms. The van der Waals surface area contributed by atoms with Crippen LogP contribution in [0.2, 0.25) is 0 Å². The Morgan fingerprint density at radius 3 is 2.54 bits per heavy atom. The van der Waals surface area contributed by atoms with Crippen molar-refractivity contribution < 1.29 is 14.0 Å². The molecule has 0 amide bonds. The zero-order valence-corrected chi connectivity index (χ0v) is 17.0. The Kier molecular flexibility index (Phi) is 4.34. The van der Waals surface area contributed by atoms with E-state index < -0.39 is 0 Å². The summed E-state index contributed by atoms with van der Waals surface area (Å²) in [5, 5.41) is 4.15. The molecule has 0 bridgehead atoms. The topological polar surface area (TPSA) is 60.6 Å². The molecule has 6 nitrogen and oxygen atoms in total. The van der Waals surface area contributed by atoms with Crippen LogP contribution in [0.1, 0.15) is 81.3 Å². The normalized spacial score (nSPS) is 23.4. The number of benzene rings is 1. The lowest BCUT2D eigenvalue weighted by Gasteiger charge is -2.46. The van der Waals surface area contributed by atoms with Crippen LogP contribution < -0.4 is 9.47 Å². The van der Waals surface area contributed by atoms with Crippen molar-refractivity contribution in [3.8, 4) is 11.5 Å². The van der Waals surface area contributed by atoms with Gasteiger partial charge in [-0.2, -0.15) is 4.98 Å². The van der Waals surface area contributed by atoms with Crippen molar-refractivity contribution in [3.63, 3.8) is 0 Å². The van der Waals surface area contributed by atoms with Gasteiger partial charge in [-0.05, 0) is 43.0 Å². The van der Waals surface area contributed by atoms with Gasteiger partial charge < -0.3 is 14.0 Å². The molecule has 1 aromatic carbocycles.